The normalized spacial score (nSPS) is 13.4. The van der Waals surface area contributed by atoms with Crippen LogP contribution in [0.1, 0.15) is 10.4 Å². The Morgan fingerprint density at radius 2 is 1.84 bits per heavy atom. The molecular weight excluding hydrogens is 386 g/mol. The summed E-state index contributed by atoms with van der Waals surface area (Å²) in [7, 11) is -4.08. The predicted octanol–water partition coefficient (Wildman–Crippen LogP) is 2.95. The van der Waals surface area contributed by atoms with Gasteiger partial charge in [0.05, 0.1) is 15.5 Å². The van der Waals surface area contributed by atoms with Crippen molar-refractivity contribution in [2.24, 2.45) is 0 Å². The molecule has 0 unspecified atom stereocenters. The Morgan fingerprint density at radius 3 is 2.56 bits per heavy atom. The summed E-state index contributed by atoms with van der Waals surface area (Å²) in [5.74, 6) is -0.00739. The van der Waals surface area contributed by atoms with Gasteiger partial charge in [0, 0.05) is 11.0 Å². The smallest absolute Gasteiger partial charge is 0.266 e. The van der Waals surface area contributed by atoms with Gasteiger partial charge in [-0.25, -0.2) is 13.1 Å². The molecule has 1 aliphatic heterocycles. The van der Waals surface area contributed by atoms with Gasteiger partial charge in [0.25, 0.3) is 15.9 Å². The number of rotatable bonds is 4. The number of ether oxygens (including phenoxy) is 2. The topological polar surface area (TPSA) is 81.7 Å². The first kappa shape index (κ1) is 17.9. The number of hydrogen-bond acceptors (Lipinski definition) is 6. The lowest BCUT2D eigenvalue weighted by atomic mass is 10.2. The quantitative estimate of drug-likeness (QED) is 0.796. The van der Waals surface area contributed by atoms with Crippen LogP contribution < -0.4 is 14.2 Å². The maximum Gasteiger partial charge on any atom is 0.266 e. The molecule has 25 heavy (non-hydrogen) atoms. The zero-order valence-electron chi connectivity index (χ0n) is 13.1. The van der Waals surface area contributed by atoms with E-state index in [0.717, 1.165) is 4.90 Å². The van der Waals surface area contributed by atoms with Gasteiger partial charge in [0.15, 0.2) is 11.5 Å². The van der Waals surface area contributed by atoms with Gasteiger partial charge in [-0.2, -0.15) is 0 Å². The van der Waals surface area contributed by atoms with Crippen LogP contribution in [0.5, 0.6) is 11.5 Å². The van der Waals surface area contributed by atoms with Crippen LogP contribution in [0, 0.1) is 0 Å². The summed E-state index contributed by atoms with van der Waals surface area (Å²) < 4.78 is 37.7. The minimum Gasteiger partial charge on any atom is -0.486 e. The summed E-state index contributed by atoms with van der Waals surface area (Å²) in [5, 5.41) is 0.174. The lowest BCUT2D eigenvalue weighted by Crippen LogP contribution is -2.31. The number of hydrogen-bond donors (Lipinski definition) is 1. The molecule has 2 aromatic carbocycles. The highest BCUT2D eigenvalue weighted by molar-refractivity contribution is 7.98. The Morgan fingerprint density at radius 1 is 1.12 bits per heavy atom. The molecule has 0 atom stereocenters. The lowest BCUT2D eigenvalue weighted by Gasteiger charge is -2.19. The largest absolute Gasteiger partial charge is 0.486 e. The van der Waals surface area contributed by atoms with Crippen LogP contribution >= 0.6 is 23.4 Å². The molecule has 0 saturated carbocycles. The molecule has 0 bridgehead atoms. The number of sulfonamides is 1. The van der Waals surface area contributed by atoms with E-state index in [-0.39, 0.29) is 15.5 Å². The molecule has 0 aliphatic carbocycles. The van der Waals surface area contributed by atoms with Gasteiger partial charge in [-0.05, 0) is 36.6 Å². The second kappa shape index (κ2) is 7.15. The van der Waals surface area contributed by atoms with Crippen molar-refractivity contribution in [2.45, 2.75) is 9.79 Å². The number of fused-ring (bicyclic) bond motifs is 1. The van der Waals surface area contributed by atoms with E-state index >= 15 is 0 Å². The molecule has 1 aliphatic rings. The van der Waals surface area contributed by atoms with Crippen molar-refractivity contribution in [3.63, 3.8) is 0 Å². The van der Waals surface area contributed by atoms with Crippen molar-refractivity contribution < 1.29 is 22.7 Å². The third-order valence-corrected chi connectivity index (χ3v) is 5.85. The molecule has 1 heterocycles. The molecule has 132 valence electrons. The molecule has 1 amide bonds. The van der Waals surface area contributed by atoms with Gasteiger partial charge in [-0.1, -0.05) is 11.6 Å². The first-order valence-corrected chi connectivity index (χ1v) is 10.3. The molecule has 3 rings (SSSR count). The van der Waals surface area contributed by atoms with E-state index in [9.17, 15) is 13.2 Å². The van der Waals surface area contributed by atoms with Crippen molar-refractivity contribution in [1.82, 2.24) is 4.72 Å². The van der Waals surface area contributed by atoms with Gasteiger partial charge in [0.1, 0.15) is 13.2 Å². The van der Waals surface area contributed by atoms with E-state index in [1.165, 1.54) is 30.0 Å². The predicted molar refractivity (Wildman–Crippen MR) is 95.3 cm³/mol. The summed E-state index contributed by atoms with van der Waals surface area (Å²) in [4.78, 5) is 13.1. The van der Waals surface area contributed by atoms with Crippen molar-refractivity contribution in [3.05, 3.63) is 47.0 Å². The van der Waals surface area contributed by atoms with E-state index in [4.69, 9.17) is 21.1 Å². The average Bonchev–Trinajstić information content (AvgIpc) is 2.61. The van der Waals surface area contributed by atoms with E-state index in [0.29, 0.717) is 24.7 Å². The maximum absolute atomic E-state index is 12.5. The van der Waals surface area contributed by atoms with Crippen LogP contribution in [0.4, 0.5) is 0 Å². The summed E-state index contributed by atoms with van der Waals surface area (Å²) in [6.07, 6.45) is 1.84. The fourth-order valence-electron chi connectivity index (χ4n) is 2.23. The number of amides is 1. The van der Waals surface area contributed by atoms with Gasteiger partial charge < -0.3 is 9.47 Å². The fraction of sp³-hybridized carbons (Fsp3) is 0.188. The average molecular weight is 400 g/mol. The summed E-state index contributed by atoms with van der Waals surface area (Å²) in [5.41, 5.74) is 0.0923. The van der Waals surface area contributed by atoms with Crippen molar-refractivity contribution in [2.75, 3.05) is 19.5 Å². The molecule has 0 radical (unpaired) electrons. The minimum absolute atomic E-state index is 0.0923. The molecule has 0 spiro atoms. The number of benzene rings is 2. The second-order valence-electron chi connectivity index (χ2n) is 5.09. The first-order valence-electron chi connectivity index (χ1n) is 7.21. The van der Waals surface area contributed by atoms with Crippen molar-refractivity contribution in [1.29, 1.82) is 0 Å². The third kappa shape index (κ3) is 3.86. The molecule has 1 N–H and O–H groups in total. The Hall–Kier alpha value is -1.90. The van der Waals surface area contributed by atoms with Crippen LogP contribution in [-0.2, 0) is 10.0 Å². The number of halogens is 1. The Bertz CT molecular complexity index is 930. The van der Waals surface area contributed by atoms with Gasteiger partial charge in [-0.3, -0.25) is 4.79 Å². The van der Waals surface area contributed by atoms with Gasteiger partial charge >= 0.3 is 0 Å². The van der Waals surface area contributed by atoms with Crippen LogP contribution in [0.15, 0.2) is 46.2 Å². The zero-order valence-corrected chi connectivity index (χ0v) is 15.5. The number of thioether (sulfide) groups is 1. The highest BCUT2D eigenvalue weighted by Gasteiger charge is 2.23. The minimum atomic E-state index is -4.08. The van der Waals surface area contributed by atoms with Crippen LogP contribution in [0.25, 0.3) is 0 Å². The standard InChI is InChI=1S/C16H14ClNO5S2/c1-24-10-2-4-13(17)12(8-10)16(19)18-25(20,21)11-3-5-14-15(9-11)23-7-6-22-14/h2-5,8-9H,6-7H2,1H3,(H,18,19). The zero-order chi connectivity index (χ0) is 18.0. The van der Waals surface area contributed by atoms with Crippen molar-refractivity contribution in [3.8, 4) is 11.5 Å². The third-order valence-electron chi connectivity index (χ3n) is 3.47. The van der Waals surface area contributed by atoms with E-state index in [1.54, 1.807) is 18.2 Å². The van der Waals surface area contributed by atoms with Crippen LogP contribution in [-0.4, -0.2) is 33.8 Å². The molecule has 0 aromatic heterocycles. The number of nitrogens with one attached hydrogen (secondary N) is 1. The number of carbonyl (C=O) groups excluding carboxylic acids is 1. The van der Waals surface area contributed by atoms with Gasteiger partial charge in [-0.15, -0.1) is 11.8 Å². The molecule has 0 fully saturated rings. The fourth-order valence-corrected chi connectivity index (χ4v) is 3.86. The first-order chi connectivity index (χ1) is 11.9. The summed E-state index contributed by atoms with van der Waals surface area (Å²) in [6, 6.07) is 9.02. The van der Waals surface area contributed by atoms with Crippen molar-refractivity contribution >= 4 is 39.3 Å². The van der Waals surface area contributed by atoms with Crippen LogP contribution in [0.3, 0.4) is 0 Å². The highest BCUT2D eigenvalue weighted by atomic mass is 35.5. The molecular formula is C16H14ClNO5S2. The highest BCUT2D eigenvalue weighted by Crippen LogP contribution is 2.32. The maximum atomic E-state index is 12.5. The molecule has 6 nitrogen and oxygen atoms in total. The molecule has 9 heteroatoms. The molecule has 0 saturated heterocycles. The van der Waals surface area contributed by atoms with Crippen LogP contribution in [0.2, 0.25) is 5.02 Å². The monoisotopic (exact) mass is 399 g/mol. The summed E-state index contributed by atoms with van der Waals surface area (Å²) >= 11 is 7.44. The number of carbonyl (C=O) groups is 1. The molecule has 2 aromatic rings. The Kier molecular flexibility index (Phi) is 5.12. The lowest BCUT2D eigenvalue weighted by molar-refractivity contribution is 0.0981. The Balaban J connectivity index is 1.87. The second-order valence-corrected chi connectivity index (χ2v) is 8.06. The van der Waals surface area contributed by atoms with E-state index in [1.807, 2.05) is 11.0 Å². The SMILES string of the molecule is CSc1ccc(Cl)c(C(=O)NS(=O)(=O)c2ccc3c(c2)OCCO3)c1. The van der Waals surface area contributed by atoms with Gasteiger partial charge in [0.2, 0.25) is 0 Å². The van der Waals surface area contributed by atoms with E-state index in [2.05, 4.69) is 0 Å². The summed E-state index contributed by atoms with van der Waals surface area (Å²) in [6.45, 7) is 0.736. The Labute approximate surface area is 154 Å². The van der Waals surface area contributed by atoms with E-state index < -0.39 is 15.9 Å².